The number of carbonyl (C=O) groups is 2. The van der Waals surface area contributed by atoms with Crippen molar-refractivity contribution in [3.05, 3.63) is 82.3 Å². The van der Waals surface area contributed by atoms with E-state index >= 15 is 0 Å². The Morgan fingerprint density at radius 2 is 1.76 bits per heavy atom. The van der Waals surface area contributed by atoms with Crippen molar-refractivity contribution in [3.8, 4) is 17.2 Å². The molecule has 0 radical (unpaired) electrons. The molecule has 0 saturated carbocycles. The molecule has 0 atom stereocenters. The third kappa shape index (κ3) is 6.35. The van der Waals surface area contributed by atoms with Crippen LogP contribution < -0.4 is 24.4 Å². The lowest BCUT2D eigenvalue weighted by Gasteiger charge is -2.16. The molecule has 0 spiro atoms. The maximum absolute atomic E-state index is 13.2. The molecule has 0 unspecified atom stereocenters. The first-order valence-electron chi connectivity index (χ1n) is 12.0. The Morgan fingerprint density at radius 3 is 2.45 bits per heavy atom. The summed E-state index contributed by atoms with van der Waals surface area (Å²) in [6, 6.07) is 18.2. The molecular formula is C29H28N2O5S2. The highest BCUT2D eigenvalue weighted by molar-refractivity contribution is 8.27. The number of thiocarbonyl (C=S) groups is 1. The highest BCUT2D eigenvalue weighted by Crippen LogP contribution is 2.37. The predicted octanol–water partition coefficient (Wildman–Crippen LogP) is 6.13. The Hall–Kier alpha value is -3.82. The molecule has 2 amide bonds. The minimum Gasteiger partial charge on any atom is -0.494 e. The summed E-state index contributed by atoms with van der Waals surface area (Å²) in [6.45, 7) is 6.32. The molecule has 0 aliphatic carbocycles. The molecular weight excluding hydrogens is 520 g/mol. The summed E-state index contributed by atoms with van der Waals surface area (Å²) in [5.41, 5.74) is 4.38. The van der Waals surface area contributed by atoms with Gasteiger partial charge < -0.3 is 19.5 Å². The van der Waals surface area contributed by atoms with Crippen LogP contribution in [0.1, 0.15) is 23.6 Å². The molecule has 1 heterocycles. The van der Waals surface area contributed by atoms with E-state index in [9.17, 15) is 9.59 Å². The number of aryl methyl sites for hydroxylation is 2. The van der Waals surface area contributed by atoms with Crippen LogP contribution in [0.15, 0.2) is 65.6 Å². The lowest BCUT2D eigenvalue weighted by Crippen LogP contribution is -2.27. The highest BCUT2D eigenvalue weighted by atomic mass is 32.2. The topological polar surface area (TPSA) is 77.1 Å². The van der Waals surface area contributed by atoms with Crippen LogP contribution in [0.2, 0.25) is 0 Å². The second kappa shape index (κ2) is 12.1. The number of benzene rings is 3. The van der Waals surface area contributed by atoms with Crippen molar-refractivity contribution in [2.75, 3.05) is 30.5 Å². The van der Waals surface area contributed by atoms with Crippen molar-refractivity contribution in [3.63, 3.8) is 0 Å². The summed E-state index contributed by atoms with van der Waals surface area (Å²) >= 11 is 6.75. The minimum atomic E-state index is -0.310. The van der Waals surface area contributed by atoms with Gasteiger partial charge in [0.2, 0.25) is 0 Å². The number of methoxy groups -OCH3 is 1. The smallest absolute Gasteiger partial charge is 0.270 e. The molecule has 9 heteroatoms. The van der Waals surface area contributed by atoms with Crippen LogP contribution in [0.25, 0.3) is 6.08 Å². The maximum Gasteiger partial charge on any atom is 0.270 e. The minimum absolute atomic E-state index is 0.173. The first-order chi connectivity index (χ1) is 18.3. The fourth-order valence-electron chi connectivity index (χ4n) is 3.74. The zero-order valence-electron chi connectivity index (χ0n) is 21.6. The van der Waals surface area contributed by atoms with Crippen molar-refractivity contribution in [1.82, 2.24) is 0 Å². The number of amides is 2. The van der Waals surface area contributed by atoms with Crippen molar-refractivity contribution in [1.29, 1.82) is 0 Å². The normalized spacial score (nSPS) is 14.1. The van der Waals surface area contributed by atoms with Crippen LogP contribution in [0.4, 0.5) is 11.4 Å². The zero-order valence-corrected chi connectivity index (χ0v) is 23.2. The second-order valence-electron chi connectivity index (χ2n) is 8.49. The van der Waals surface area contributed by atoms with Gasteiger partial charge in [-0.2, -0.15) is 0 Å². The summed E-state index contributed by atoms with van der Waals surface area (Å²) in [7, 11) is 1.52. The Morgan fingerprint density at radius 1 is 1.00 bits per heavy atom. The summed E-state index contributed by atoms with van der Waals surface area (Å²) in [5, 5.41) is 2.78. The van der Waals surface area contributed by atoms with Gasteiger partial charge in [-0.05, 0) is 92.1 Å². The number of nitrogens with one attached hydrogen (secondary N) is 1. The largest absolute Gasteiger partial charge is 0.494 e. The number of hydrogen-bond acceptors (Lipinski definition) is 7. The molecule has 3 aromatic rings. The average Bonchev–Trinajstić information content (AvgIpc) is 3.18. The molecule has 1 N–H and O–H groups in total. The predicted molar refractivity (Wildman–Crippen MR) is 156 cm³/mol. The molecule has 1 fully saturated rings. The summed E-state index contributed by atoms with van der Waals surface area (Å²) in [5.74, 6) is 1.11. The van der Waals surface area contributed by atoms with Gasteiger partial charge in [0.15, 0.2) is 22.4 Å². The quantitative estimate of drug-likeness (QED) is 0.254. The second-order valence-corrected chi connectivity index (χ2v) is 10.2. The van der Waals surface area contributed by atoms with Gasteiger partial charge >= 0.3 is 0 Å². The Labute approximate surface area is 231 Å². The van der Waals surface area contributed by atoms with E-state index in [0.29, 0.717) is 33.0 Å². The maximum atomic E-state index is 13.2. The SMILES string of the molecule is CCOc1ccc(NC(=O)COc2ccc(/C=C3\SC(=S)N(c4ccc(C)c(C)c4)C3=O)cc2OC)cc1. The zero-order chi connectivity index (χ0) is 27.2. The van der Waals surface area contributed by atoms with E-state index < -0.39 is 0 Å². The van der Waals surface area contributed by atoms with E-state index in [1.807, 2.05) is 39.0 Å². The molecule has 1 aliphatic rings. The molecule has 0 bridgehead atoms. The fourth-order valence-corrected chi connectivity index (χ4v) is 5.04. The van der Waals surface area contributed by atoms with Crippen molar-refractivity contribution in [2.45, 2.75) is 20.8 Å². The molecule has 1 aliphatic heterocycles. The van der Waals surface area contributed by atoms with Crippen LogP contribution in [0.5, 0.6) is 17.2 Å². The van der Waals surface area contributed by atoms with Gasteiger partial charge in [-0.25, -0.2) is 0 Å². The third-order valence-corrected chi connectivity index (χ3v) is 7.14. The Bertz CT molecular complexity index is 1400. The van der Waals surface area contributed by atoms with E-state index in [-0.39, 0.29) is 18.4 Å². The summed E-state index contributed by atoms with van der Waals surface area (Å²) < 4.78 is 17.1. The first-order valence-corrected chi connectivity index (χ1v) is 13.2. The Kier molecular flexibility index (Phi) is 8.70. The summed E-state index contributed by atoms with van der Waals surface area (Å²) in [4.78, 5) is 27.6. The Balaban J connectivity index is 1.42. The van der Waals surface area contributed by atoms with E-state index in [1.54, 1.807) is 53.4 Å². The standard InChI is InChI=1S/C29H28N2O5S2/c1-5-35-23-11-8-21(9-12-23)30-27(32)17-36-24-13-7-20(15-25(24)34-4)16-26-28(33)31(29(37)38-26)22-10-6-18(2)19(3)14-22/h6-16H,5,17H2,1-4H3,(H,30,32)/b26-16-. The van der Waals surface area contributed by atoms with Gasteiger partial charge in [0.1, 0.15) is 5.75 Å². The molecule has 4 rings (SSSR count). The molecule has 0 aromatic heterocycles. The number of ether oxygens (including phenoxy) is 3. The fraction of sp³-hybridized carbons (Fsp3) is 0.207. The van der Waals surface area contributed by atoms with Gasteiger partial charge in [0.05, 0.1) is 24.3 Å². The average molecular weight is 549 g/mol. The number of anilines is 2. The van der Waals surface area contributed by atoms with Gasteiger partial charge in [0.25, 0.3) is 11.8 Å². The van der Waals surface area contributed by atoms with Crippen molar-refractivity contribution >= 4 is 57.6 Å². The van der Waals surface area contributed by atoms with Gasteiger partial charge in [0, 0.05) is 5.69 Å². The monoisotopic (exact) mass is 548 g/mol. The van der Waals surface area contributed by atoms with E-state index in [0.717, 1.165) is 28.1 Å². The van der Waals surface area contributed by atoms with Crippen molar-refractivity contribution in [2.24, 2.45) is 0 Å². The van der Waals surface area contributed by atoms with Gasteiger partial charge in [-0.3, -0.25) is 14.5 Å². The molecule has 196 valence electrons. The number of rotatable bonds is 9. The number of nitrogens with zero attached hydrogens (tertiary/aromatic N) is 1. The number of hydrogen-bond donors (Lipinski definition) is 1. The molecule has 3 aromatic carbocycles. The molecule has 7 nitrogen and oxygen atoms in total. The van der Waals surface area contributed by atoms with Gasteiger partial charge in [-0.1, -0.05) is 36.1 Å². The van der Waals surface area contributed by atoms with Crippen LogP contribution in [0.3, 0.4) is 0 Å². The number of thioether (sulfide) groups is 1. The highest BCUT2D eigenvalue weighted by Gasteiger charge is 2.33. The van der Waals surface area contributed by atoms with Crippen LogP contribution >= 0.6 is 24.0 Å². The number of carbonyl (C=O) groups excluding carboxylic acids is 2. The third-order valence-electron chi connectivity index (χ3n) is 5.84. The van der Waals surface area contributed by atoms with Crippen LogP contribution in [-0.4, -0.2) is 36.5 Å². The van der Waals surface area contributed by atoms with E-state index in [4.69, 9.17) is 26.4 Å². The van der Waals surface area contributed by atoms with E-state index in [1.165, 1.54) is 18.9 Å². The van der Waals surface area contributed by atoms with Crippen LogP contribution in [-0.2, 0) is 9.59 Å². The lowest BCUT2D eigenvalue weighted by atomic mass is 10.1. The van der Waals surface area contributed by atoms with E-state index in [2.05, 4.69) is 5.32 Å². The first kappa shape index (κ1) is 27.2. The van der Waals surface area contributed by atoms with Crippen LogP contribution in [0, 0.1) is 13.8 Å². The molecule has 38 heavy (non-hydrogen) atoms. The lowest BCUT2D eigenvalue weighted by molar-refractivity contribution is -0.118. The van der Waals surface area contributed by atoms with Gasteiger partial charge in [-0.15, -0.1) is 0 Å². The molecule has 1 saturated heterocycles. The van der Waals surface area contributed by atoms with Crippen molar-refractivity contribution < 1.29 is 23.8 Å². The summed E-state index contributed by atoms with van der Waals surface area (Å²) in [6.07, 6.45) is 1.77.